The van der Waals surface area contributed by atoms with Gasteiger partial charge < -0.3 is 10.6 Å². The average molecular weight is 232 g/mol. The Labute approximate surface area is 105 Å². The van der Waals surface area contributed by atoms with Crippen molar-refractivity contribution in [1.29, 1.82) is 0 Å². The normalized spacial score (nSPS) is 21.6. The lowest BCUT2D eigenvalue weighted by atomic mass is 9.93. The van der Waals surface area contributed by atoms with Crippen LogP contribution in [0.1, 0.15) is 37.4 Å². The Morgan fingerprint density at radius 1 is 1.41 bits per heavy atom. The molecule has 1 aliphatic heterocycles. The summed E-state index contributed by atoms with van der Waals surface area (Å²) in [7, 11) is 0. The fraction of sp³-hybridized carbons (Fsp3) is 0.600. The summed E-state index contributed by atoms with van der Waals surface area (Å²) < 4.78 is 0. The van der Waals surface area contributed by atoms with Crippen LogP contribution >= 0.6 is 0 Å². The van der Waals surface area contributed by atoms with E-state index < -0.39 is 0 Å². The molecule has 0 bridgehead atoms. The summed E-state index contributed by atoms with van der Waals surface area (Å²) in [6.45, 7) is 10.1. The summed E-state index contributed by atoms with van der Waals surface area (Å²) in [5.74, 6) is 0. The van der Waals surface area contributed by atoms with Gasteiger partial charge in [0.15, 0.2) is 0 Å². The van der Waals surface area contributed by atoms with Crippen molar-refractivity contribution in [3.63, 3.8) is 0 Å². The van der Waals surface area contributed by atoms with E-state index in [1.807, 2.05) is 0 Å². The first-order valence-electron chi connectivity index (χ1n) is 6.51. The van der Waals surface area contributed by atoms with Crippen LogP contribution in [0.5, 0.6) is 0 Å². The molecule has 0 amide bonds. The molecule has 0 aliphatic carbocycles. The van der Waals surface area contributed by atoms with Crippen LogP contribution < -0.4 is 5.73 Å². The molecule has 1 saturated heterocycles. The highest BCUT2D eigenvalue weighted by atomic mass is 15.2. The highest BCUT2D eigenvalue weighted by Gasteiger charge is 2.29. The van der Waals surface area contributed by atoms with E-state index in [0.717, 1.165) is 6.54 Å². The highest BCUT2D eigenvalue weighted by Crippen LogP contribution is 2.29. The minimum Gasteiger partial charge on any atom is -0.323 e. The van der Waals surface area contributed by atoms with Gasteiger partial charge in [-0.2, -0.15) is 0 Å². The lowest BCUT2D eigenvalue weighted by Gasteiger charge is -2.23. The topological polar surface area (TPSA) is 29.3 Å². The zero-order chi connectivity index (χ0) is 12.5. The Balaban J connectivity index is 1.96. The van der Waals surface area contributed by atoms with E-state index in [0.29, 0.717) is 5.41 Å². The van der Waals surface area contributed by atoms with E-state index in [1.54, 1.807) is 0 Å². The van der Waals surface area contributed by atoms with Gasteiger partial charge in [0.1, 0.15) is 0 Å². The van der Waals surface area contributed by atoms with Crippen LogP contribution in [-0.4, -0.2) is 24.5 Å². The van der Waals surface area contributed by atoms with Crippen molar-refractivity contribution in [3.8, 4) is 0 Å². The Kier molecular flexibility index (Phi) is 3.55. The number of rotatable bonds is 3. The molecule has 1 fully saturated rings. The SMILES string of the molecule is Cc1cccc(C(N)CN2CCC(C)(C)C2)c1. The van der Waals surface area contributed by atoms with Crippen molar-refractivity contribution < 1.29 is 0 Å². The van der Waals surface area contributed by atoms with E-state index >= 15 is 0 Å². The third kappa shape index (κ3) is 3.30. The monoisotopic (exact) mass is 232 g/mol. The van der Waals surface area contributed by atoms with Crippen molar-refractivity contribution >= 4 is 0 Å². The van der Waals surface area contributed by atoms with Crippen molar-refractivity contribution in [2.45, 2.75) is 33.2 Å². The minimum absolute atomic E-state index is 0.142. The van der Waals surface area contributed by atoms with Crippen LogP contribution in [0.4, 0.5) is 0 Å². The molecule has 1 heterocycles. The molecule has 0 spiro atoms. The molecule has 1 aliphatic rings. The maximum Gasteiger partial charge on any atom is 0.0424 e. The summed E-state index contributed by atoms with van der Waals surface area (Å²) in [5, 5.41) is 0. The number of hydrogen-bond acceptors (Lipinski definition) is 2. The number of aryl methyl sites for hydroxylation is 1. The second-order valence-electron chi connectivity index (χ2n) is 6.17. The zero-order valence-electron chi connectivity index (χ0n) is 11.2. The standard InChI is InChI=1S/C15H24N2/c1-12-5-4-6-13(9-12)14(16)10-17-8-7-15(2,3)11-17/h4-6,9,14H,7-8,10-11,16H2,1-3H3. The van der Waals surface area contributed by atoms with Gasteiger partial charge in [-0.25, -0.2) is 0 Å². The van der Waals surface area contributed by atoms with Crippen molar-refractivity contribution in [1.82, 2.24) is 4.90 Å². The molecule has 17 heavy (non-hydrogen) atoms. The predicted octanol–water partition coefficient (Wildman–Crippen LogP) is 2.73. The molecule has 1 aromatic carbocycles. The summed E-state index contributed by atoms with van der Waals surface area (Å²) in [4.78, 5) is 2.49. The molecule has 0 aromatic heterocycles. The third-order valence-corrected chi connectivity index (χ3v) is 3.68. The van der Waals surface area contributed by atoms with Crippen LogP contribution in [0.25, 0.3) is 0 Å². The van der Waals surface area contributed by atoms with Crippen molar-refractivity contribution in [2.75, 3.05) is 19.6 Å². The fourth-order valence-corrected chi connectivity index (χ4v) is 2.66. The molecular weight excluding hydrogens is 208 g/mol. The molecule has 1 atom stereocenters. The minimum atomic E-state index is 0.142. The maximum atomic E-state index is 6.29. The predicted molar refractivity (Wildman–Crippen MR) is 72.9 cm³/mol. The summed E-state index contributed by atoms with van der Waals surface area (Å²) in [6.07, 6.45) is 1.29. The molecule has 1 aromatic rings. The third-order valence-electron chi connectivity index (χ3n) is 3.68. The number of benzene rings is 1. The first-order valence-corrected chi connectivity index (χ1v) is 6.51. The molecule has 2 rings (SSSR count). The van der Waals surface area contributed by atoms with Crippen LogP contribution in [0.3, 0.4) is 0 Å². The molecule has 0 saturated carbocycles. The maximum absolute atomic E-state index is 6.29. The van der Waals surface area contributed by atoms with Gasteiger partial charge in [0, 0.05) is 19.1 Å². The first-order chi connectivity index (χ1) is 7.96. The van der Waals surface area contributed by atoms with Gasteiger partial charge in [-0.3, -0.25) is 0 Å². The van der Waals surface area contributed by atoms with Crippen molar-refractivity contribution in [2.24, 2.45) is 11.1 Å². The molecule has 2 nitrogen and oxygen atoms in total. The Morgan fingerprint density at radius 3 is 2.76 bits per heavy atom. The Bertz CT molecular complexity index is 384. The first kappa shape index (κ1) is 12.6. The van der Waals surface area contributed by atoms with Gasteiger partial charge in [-0.1, -0.05) is 43.7 Å². The molecular formula is C15H24N2. The number of nitrogens with zero attached hydrogens (tertiary/aromatic N) is 1. The highest BCUT2D eigenvalue weighted by molar-refractivity contribution is 5.25. The van der Waals surface area contributed by atoms with E-state index in [2.05, 4.69) is 49.9 Å². The van der Waals surface area contributed by atoms with E-state index in [1.165, 1.54) is 30.6 Å². The van der Waals surface area contributed by atoms with Crippen LogP contribution in [-0.2, 0) is 0 Å². The second kappa shape index (κ2) is 4.79. The molecule has 0 radical (unpaired) electrons. The molecule has 94 valence electrons. The number of likely N-dealkylation sites (tertiary alicyclic amines) is 1. The second-order valence-corrected chi connectivity index (χ2v) is 6.17. The summed E-state index contributed by atoms with van der Waals surface area (Å²) in [6, 6.07) is 8.70. The largest absolute Gasteiger partial charge is 0.323 e. The molecule has 2 N–H and O–H groups in total. The van der Waals surface area contributed by atoms with Crippen LogP contribution in [0.2, 0.25) is 0 Å². The van der Waals surface area contributed by atoms with Gasteiger partial charge in [0.05, 0.1) is 0 Å². The number of nitrogens with two attached hydrogens (primary N) is 1. The quantitative estimate of drug-likeness (QED) is 0.868. The summed E-state index contributed by atoms with van der Waals surface area (Å²) >= 11 is 0. The van der Waals surface area contributed by atoms with Gasteiger partial charge in [0.2, 0.25) is 0 Å². The average Bonchev–Trinajstić information content (AvgIpc) is 2.58. The smallest absolute Gasteiger partial charge is 0.0424 e. The Hall–Kier alpha value is -0.860. The van der Waals surface area contributed by atoms with E-state index in [-0.39, 0.29) is 6.04 Å². The zero-order valence-corrected chi connectivity index (χ0v) is 11.2. The van der Waals surface area contributed by atoms with Crippen LogP contribution in [0.15, 0.2) is 24.3 Å². The van der Waals surface area contributed by atoms with Gasteiger partial charge >= 0.3 is 0 Å². The van der Waals surface area contributed by atoms with E-state index in [4.69, 9.17) is 5.73 Å². The van der Waals surface area contributed by atoms with Gasteiger partial charge in [-0.05, 0) is 30.9 Å². The fourth-order valence-electron chi connectivity index (χ4n) is 2.66. The van der Waals surface area contributed by atoms with Crippen LogP contribution in [0, 0.1) is 12.3 Å². The lowest BCUT2D eigenvalue weighted by molar-refractivity contribution is 0.276. The Morgan fingerprint density at radius 2 is 2.18 bits per heavy atom. The lowest BCUT2D eigenvalue weighted by Crippen LogP contribution is -2.31. The summed E-state index contributed by atoms with van der Waals surface area (Å²) in [5.41, 5.74) is 9.31. The molecule has 2 heteroatoms. The molecule has 1 unspecified atom stereocenters. The van der Waals surface area contributed by atoms with Crippen molar-refractivity contribution in [3.05, 3.63) is 35.4 Å². The number of hydrogen-bond donors (Lipinski definition) is 1. The van der Waals surface area contributed by atoms with E-state index in [9.17, 15) is 0 Å². The van der Waals surface area contributed by atoms with Gasteiger partial charge in [-0.15, -0.1) is 0 Å². The van der Waals surface area contributed by atoms with Gasteiger partial charge in [0.25, 0.3) is 0 Å².